The van der Waals surface area contributed by atoms with Gasteiger partial charge in [0.2, 0.25) is 5.91 Å². The zero-order valence-electron chi connectivity index (χ0n) is 14.5. The van der Waals surface area contributed by atoms with Crippen LogP contribution in [-0.4, -0.2) is 24.8 Å². The molecule has 25 heavy (non-hydrogen) atoms. The first-order valence-corrected chi connectivity index (χ1v) is 9.46. The predicted molar refractivity (Wildman–Crippen MR) is 101 cm³/mol. The molecule has 0 saturated carbocycles. The fourth-order valence-electron chi connectivity index (χ4n) is 2.16. The standard InChI is InChI=1S/C20H24FNO2S/c1-16-4-10-19(11-5-16)25-15-12-20(23)22-13-2-3-14-24-18-8-6-17(21)7-9-18/h4-11H,2-3,12-15H2,1H3,(H,22,23). The third-order valence-electron chi connectivity index (χ3n) is 3.59. The molecule has 5 heteroatoms. The quantitative estimate of drug-likeness (QED) is 0.497. The van der Waals surface area contributed by atoms with Gasteiger partial charge in [-0.1, -0.05) is 17.7 Å². The Balaban J connectivity index is 1.48. The maximum atomic E-state index is 12.8. The number of unbranched alkanes of at least 4 members (excludes halogenated alkanes) is 1. The van der Waals surface area contributed by atoms with Crippen LogP contribution in [0.5, 0.6) is 5.75 Å². The number of rotatable bonds is 10. The summed E-state index contributed by atoms with van der Waals surface area (Å²) < 4.78 is 18.3. The van der Waals surface area contributed by atoms with E-state index in [0.29, 0.717) is 25.3 Å². The lowest BCUT2D eigenvalue weighted by atomic mass is 10.2. The van der Waals surface area contributed by atoms with E-state index in [1.165, 1.54) is 22.6 Å². The summed E-state index contributed by atoms with van der Waals surface area (Å²) >= 11 is 1.70. The molecule has 2 rings (SSSR count). The maximum Gasteiger partial charge on any atom is 0.220 e. The predicted octanol–water partition coefficient (Wildman–Crippen LogP) is 4.59. The topological polar surface area (TPSA) is 38.3 Å². The number of thioether (sulfide) groups is 1. The van der Waals surface area contributed by atoms with Gasteiger partial charge in [0.25, 0.3) is 0 Å². The molecule has 0 aromatic heterocycles. The van der Waals surface area contributed by atoms with Crippen molar-refractivity contribution in [2.75, 3.05) is 18.9 Å². The summed E-state index contributed by atoms with van der Waals surface area (Å²) in [5, 5.41) is 2.93. The number of hydrogen-bond acceptors (Lipinski definition) is 3. The number of hydrogen-bond donors (Lipinski definition) is 1. The minimum absolute atomic E-state index is 0.0825. The molecule has 0 spiro atoms. The van der Waals surface area contributed by atoms with Crippen molar-refractivity contribution in [3.8, 4) is 5.75 Å². The Labute approximate surface area is 153 Å². The lowest BCUT2D eigenvalue weighted by molar-refractivity contribution is -0.120. The molecule has 2 aromatic rings. The van der Waals surface area contributed by atoms with Crippen molar-refractivity contribution in [2.24, 2.45) is 0 Å². The van der Waals surface area contributed by atoms with Crippen molar-refractivity contribution in [1.82, 2.24) is 5.32 Å². The van der Waals surface area contributed by atoms with Crippen molar-refractivity contribution < 1.29 is 13.9 Å². The summed E-state index contributed by atoms with van der Waals surface area (Å²) in [7, 11) is 0. The minimum atomic E-state index is -0.268. The third-order valence-corrected chi connectivity index (χ3v) is 4.61. The molecule has 0 radical (unpaired) electrons. The molecule has 0 aliphatic heterocycles. The first-order chi connectivity index (χ1) is 12.1. The van der Waals surface area contributed by atoms with E-state index in [2.05, 4.69) is 36.5 Å². The molecular weight excluding hydrogens is 337 g/mol. The van der Waals surface area contributed by atoms with Crippen LogP contribution in [0.3, 0.4) is 0 Å². The second kappa shape index (κ2) is 10.8. The van der Waals surface area contributed by atoms with E-state index in [9.17, 15) is 9.18 Å². The molecule has 0 aliphatic carbocycles. The molecule has 134 valence electrons. The van der Waals surface area contributed by atoms with E-state index in [1.54, 1.807) is 23.9 Å². The summed E-state index contributed by atoms with van der Waals surface area (Å²) in [5.74, 6) is 1.26. The summed E-state index contributed by atoms with van der Waals surface area (Å²) in [5.41, 5.74) is 1.24. The molecule has 0 bridgehead atoms. The van der Waals surface area contributed by atoms with Crippen molar-refractivity contribution in [2.45, 2.75) is 31.1 Å². The average molecular weight is 361 g/mol. The van der Waals surface area contributed by atoms with Gasteiger partial charge in [-0.15, -0.1) is 11.8 Å². The third kappa shape index (κ3) is 8.07. The van der Waals surface area contributed by atoms with Gasteiger partial charge in [-0.3, -0.25) is 4.79 Å². The van der Waals surface area contributed by atoms with E-state index in [4.69, 9.17) is 4.74 Å². The Morgan fingerprint density at radius 2 is 1.80 bits per heavy atom. The maximum absolute atomic E-state index is 12.8. The number of benzene rings is 2. The summed E-state index contributed by atoms with van der Waals surface area (Å²) in [6, 6.07) is 14.3. The second-order valence-electron chi connectivity index (χ2n) is 5.77. The van der Waals surface area contributed by atoms with E-state index in [0.717, 1.165) is 18.6 Å². The number of nitrogens with one attached hydrogen (secondary N) is 1. The van der Waals surface area contributed by atoms with E-state index < -0.39 is 0 Å². The van der Waals surface area contributed by atoms with Crippen LogP contribution < -0.4 is 10.1 Å². The van der Waals surface area contributed by atoms with Crippen LogP contribution >= 0.6 is 11.8 Å². The zero-order chi connectivity index (χ0) is 17.9. The molecule has 0 unspecified atom stereocenters. The molecule has 0 saturated heterocycles. The fourth-order valence-corrected chi connectivity index (χ4v) is 3.01. The van der Waals surface area contributed by atoms with Gasteiger partial charge in [0.15, 0.2) is 0 Å². The molecule has 0 fully saturated rings. The number of aryl methyl sites for hydroxylation is 1. The number of carbonyl (C=O) groups is 1. The van der Waals surface area contributed by atoms with Crippen molar-refractivity contribution >= 4 is 17.7 Å². The zero-order valence-corrected chi connectivity index (χ0v) is 15.3. The molecule has 3 nitrogen and oxygen atoms in total. The average Bonchev–Trinajstić information content (AvgIpc) is 2.61. The van der Waals surface area contributed by atoms with Gasteiger partial charge in [-0.25, -0.2) is 4.39 Å². The number of carbonyl (C=O) groups excluding carboxylic acids is 1. The molecular formula is C20H24FNO2S. The number of ether oxygens (including phenoxy) is 1. The van der Waals surface area contributed by atoms with Crippen molar-refractivity contribution in [1.29, 1.82) is 0 Å². The normalized spacial score (nSPS) is 10.5. The number of amides is 1. The molecule has 0 aliphatic rings. The smallest absolute Gasteiger partial charge is 0.220 e. The molecule has 0 atom stereocenters. The summed E-state index contributed by atoms with van der Waals surface area (Å²) in [6.45, 7) is 3.28. The monoisotopic (exact) mass is 361 g/mol. The van der Waals surface area contributed by atoms with E-state index >= 15 is 0 Å². The number of halogens is 1. The Morgan fingerprint density at radius 3 is 2.52 bits per heavy atom. The Kier molecular flexibility index (Phi) is 8.32. The molecule has 0 heterocycles. The van der Waals surface area contributed by atoms with Gasteiger partial charge in [0, 0.05) is 23.6 Å². The van der Waals surface area contributed by atoms with Crippen LogP contribution in [0.2, 0.25) is 0 Å². The fraction of sp³-hybridized carbons (Fsp3) is 0.350. The largest absolute Gasteiger partial charge is 0.494 e. The van der Waals surface area contributed by atoms with Crippen LogP contribution in [0.15, 0.2) is 53.4 Å². The Bertz CT molecular complexity index is 644. The highest BCUT2D eigenvalue weighted by molar-refractivity contribution is 7.99. The molecule has 1 N–H and O–H groups in total. The van der Waals surface area contributed by atoms with Crippen molar-refractivity contribution in [3.63, 3.8) is 0 Å². The first-order valence-electron chi connectivity index (χ1n) is 8.48. The van der Waals surface area contributed by atoms with E-state index in [1.807, 2.05) is 0 Å². The Morgan fingerprint density at radius 1 is 1.08 bits per heavy atom. The van der Waals surface area contributed by atoms with Crippen LogP contribution in [0.1, 0.15) is 24.8 Å². The van der Waals surface area contributed by atoms with Crippen molar-refractivity contribution in [3.05, 3.63) is 59.9 Å². The SMILES string of the molecule is Cc1ccc(SCCC(=O)NCCCCOc2ccc(F)cc2)cc1. The highest BCUT2D eigenvalue weighted by Crippen LogP contribution is 2.18. The van der Waals surface area contributed by atoms with Gasteiger partial charge in [0.05, 0.1) is 6.61 Å². The lowest BCUT2D eigenvalue weighted by Crippen LogP contribution is -2.24. The van der Waals surface area contributed by atoms with Crippen LogP contribution in [0, 0.1) is 12.7 Å². The summed E-state index contributed by atoms with van der Waals surface area (Å²) in [4.78, 5) is 13.0. The van der Waals surface area contributed by atoms with Gasteiger partial charge in [0.1, 0.15) is 11.6 Å². The van der Waals surface area contributed by atoms with Crippen LogP contribution in [0.25, 0.3) is 0 Å². The van der Waals surface area contributed by atoms with Gasteiger partial charge in [-0.2, -0.15) is 0 Å². The second-order valence-corrected chi connectivity index (χ2v) is 6.94. The minimum Gasteiger partial charge on any atom is -0.494 e. The molecule has 2 aromatic carbocycles. The van der Waals surface area contributed by atoms with Gasteiger partial charge < -0.3 is 10.1 Å². The van der Waals surface area contributed by atoms with E-state index in [-0.39, 0.29) is 11.7 Å². The van der Waals surface area contributed by atoms with Gasteiger partial charge in [-0.05, 0) is 56.2 Å². The summed E-state index contributed by atoms with van der Waals surface area (Å²) in [6.07, 6.45) is 2.22. The van der Waals surface area contributed by atoms with Crippen LogP contribution in [0.4, 0.5) is 4.39 Å². The Hall–Kier alpha value is -2.01. The van der Waals surface area contributed by atoms with Gasteiger partial charge >= 0.3 is 0 Å². The lowest BCUT2D eigenvalue weighted by Gasteiger charge is -2.07. The van der Waals surface area contributed by atoms with Crippen LogP contribution in [-0.2, 0) is 4.79 Å². The molecule has 1 amide bonds. The first kappa shape index (κ1) is 19.3. The highest BCUT2D eigenvalue weighted by atomic mass is 32.2. The highest BCUT2D eigenvalue weighted by Gasteiger charge is 2.02.